The number of benzene rings is 1. The van der Waals surface area contributed by atoms with E-state index in [9.17, 15) is 0 Å². The van der Waals surface area contributed by atoms with Gasteiger partial charge in [-0.3, -0.25) is 0 Å². The van der Waals surface area contributed by atoms with Gasteiger partial charge in [0.15, 0.2) is 0 Å². The van der Waals surface area contributed by atoms with Crippen molar-refractivity contribution in [1.82, 2.24) is 9.55 Å². The van der Waals surface area contributed by atoms with Crippen LogP contribution in [0.3, 0.4) is 0 Å². The molecular formula is C13H13ClN4. The third-order valence-electron chi connectivity index (χ3n) is 2.56. The fourth-order valence-corrected chi connectivity index (χ4v) is 1.82. The second kappa shape index (κ2) is 6.08. The van der Waals surface area contributed by atoms with Gasteiger partial charge in [-0.1, -0.05) is 11.6 Å². The number of rotatable bonds is 5. The normalized spacial score (nSPS) is 10.0. The summed E-state index contributed by atoms with van der Waals surface area (Å²) < 4.78 is 2.02. The number of hydrogen-bond donors (Lipinski definition) is 1. The second-order valence-electron chi connectivity index (χ2n) is 3.89. The van der Waals surface area contributed by atoms with Crippen LogP contribution in [0.2, 0.25) is 5.02 Å². The van der Waals surface area contributed by atoms with E-state index in [0.29, 0.717) is 10.6 Å². The van der Waals surface area contributed by atoms with Gasteiger partial charge < -0.3 is 9.88 Å². The van der Waals surface area contributed by atoms with Gasteiger partial charge in [0.25, 0.3) is 0 Å². The fourth-order valence-electron chi connectivity index (χ4n) is 1.63. The van der Waals surface area contributed by atoms with Gasteiger partial charge in [-0.15, -0.1) is 0 Å². The minimum atomic E-state index is 0.608. The summed E-state index contributed by atoms with van der Waals surface area (Å²) in [5, 5.41) is 12.7. The van der Waals surface area contributed by atoms with Crippen molar-refractivity contribution >= 4 is 17.3 Å². The van der Waals surface area contributed by atoms with Crippen LogP contribution < -0.4 is 5.32 Å². The Morgan fingerprint density at radius 3 is 3.06 bits per heavy atom. The van der Waals surface area contributed by atoms with E-state index in [-0.39, 0.29) is 0 Å². The average molecular weight is 261 g/mol. The maximum atomic E-state index is 8.82. The van der Waals surface area contributed by atoms with E-state index in [1.807, 2.05) is 10.8 Å². The predicted octanol–water partition coefficient (Wildman–Crippen LogP) is 2.91. The molecule has 1 heterocycles. The number of anilines is 1. The minimum absolute atomic E-state index is 0.608. The van der Waals surface area contributed by atoms with Crippen LogP contribution in [0.15, 0.2) is 36.9 Å². The first-order chi connectivity index (χ1) is 8.79. The smallest absolute Gasteiger partial charge is 0.0992 e. The molecule has 2 aromatic rings. The molecule has 18 heavy (non-hydrogen) atoms. The number of aryl methyl sites for hydroxylation is 1. The quantitative estimate of drug-likeness (QED) is 0.841. The summed E-state index contributed by atoms with van der Waals surface area (Å²) in [4.78, 5) is 3.98. The topological polar surface area (TPSA) is 53.6 Å². The summed E-state index contributed by atoms with van der Waals surface area (Å²) in [5.74, 6) is 0. The Morgan fingerprint density at radius 2 is 2.33 bits per heavy atom. The maximum absolute atomic E-state index is 8.82. The van der Waals surface area contributed by atoms with Crippen molar-refractivity contribution in [2.24, 2.45) is 0 Å². The Bertz CT molecular complexity index is 543. The van der Waals surface area contributed by atoms with Crippen molar-refractivity contribution in [3.8, 4) is 6.07 Å². The zero-order valence-corrected chi connectivity index (χ0v) is 10.6. The van der Waals surface area contributed by atoms with Crippen LogP contribution >= 0.6 is 11.6 Å². The van der Waals surface area contributed by atoms with Gasteiger partial charge in [0.2, 0.25) is 0 Å². The number of nitrogens with zero attached hydrogens (tertiary/aromatic N) is 3. The highest BCUT2D eigenvalue weighted by molar-refractivity contribution is 6.33. The molecule has 0 radical (unpaired) electrons. The summed E-state index contributed by atoms with van der Waals surface area (Å²) in [6, 6.07) is 7.30. The van der Waals surface area contributed by atoms with Crippen LogP contribution in [0, 0.1) is 11.3 Å². The van der Waals surface area contributed by atoms with Gasteiger partial charge in [0.1, 0.15) is 0 Å². The molecule has 0 bridgehead atoms. The van der Waals surface area contributed by atoms with Crippen LogP contribution in [0.4, 0.5) is 5.69 Å². The summed E-state index contributed by atoms with van der Waals surface area (Å²) in [5.41, 5.74) is 1.41. The van der Waals surface area contributed by atoms with Gasteiger partial charge in [-0.05, 0) is 24.6 Å². The largest absolute Gasteiger partial charge is 0.384 e. The summed E-state index contributed by atoms with van der Waals surface area (Å²) in [6.07, 6.45) is 6.46. The average Bonchev–Trinajstić information content (AvgIpc) is 2.89. The molecule has 0 aliphatic rings. The molecular weight excluding hydrogens is 248 g/mol. The Hall–Kier alpha value is -1.99. The molecule has 0 saturated carbocycles. The highest BCUT2D eigenvalue weighted by atomic mass is 35.5. The van der Waals surface area contributed by atoms with E-state index in [1.54, 1.807) is 30.7 Å². The SMILES string of the molecule is N#Cc1ccc(Cl)c(NCCCn2ccnc2)c1. The monoisotopic (exact) mass is 260 g/mol. The zero-order valence-electron chi connectivity index (χ0n) is 9.81. The Balaban J connectivity index is 1.85. The van der Waals surface area contributed by atoms with Crippen LogP contribution in [0.25, 0.3) is 0 Å². The van der Waals surface area contributed by atoms with Crippen molar-refractivity contribution in [2.45, 2.75) is 13.0 Å². The molecule has 4 nitrogen and oxygen atoms in total. The molecule has 0 saturated heterocycles. The van der Waals surface area contributed by atoms with Crippen molar-refractivity contribution < 1.29 is 0 Å². The van der Waals surface area contributed by atoms with Gasteiger partial charge in [0, 0.05) is 25.5 Å². The van der Waals surface area contributed by atoms with E-state index >= 15 is 0 Å². The highest BCUT2D eigenvalue weighted by Gasteiger charge is 2.01. The highest BCUT2D eigenvalue weighted by Crippen LogP contribution is 2.22. The summed E-state index contributed by atoms with van der Waals surface area (Å²) in [7, 11) is 0. The summed E-state index contributed by atoms with van der Waals surface area (Å²) in [6.45, 7) is 1.70. The zero-order chi connectivity index (χ0) is 12.8. The van der Waals surface area contributed by atoms with Crippen LogP contribution in [0.1, 0.15) is 12.0 Å². The van der Waals surface area contributed by atoms with Gasteiger partial charge in [0.05, 0.1) is 28.7 Å². The van der Waals surface area contributed by atoms with E-state index < -0.39 is 0 Å². The number of aromatic nitrogens is 2. The number of nitriles is 1. The van der Waals surface area contributed by atoms with E-state index in [1.165, 1.54) is 0 Å². The first-order valence-electron chi connectivity index (χ1n) is 5.69. The van der Waals surface area contributed by atoms with E-state index in [0.717, 1.165) is 25.2 Å². The Morgan fingerprint density at radius 1 is 1.44 bits per heavy atom. The molecule has 0 atom stereocenters. The van der Waals surface area contributed by atoms with E-state index in [2.05, 4.69) is 16.4 Å². The number of nitrogens with one attached hydrogen (secondary N) is 1. The molecule has 0 aliphatic heterocycles. The standard InChI is InChI=1S/C13H13ClN4/c14-12-3-2-11(9-15)8-13(12)17-4-1-6-18-7-5-16-10-18/h2-3,5,7-8,10,17H,1,4,6H2. The first-order valence-corrected chi connectivity index (χ1v) is 6.06. The number of imidazole rings is 1. The molecule has 0 unspecified atom stereocenters. The van der Waals surface area contributed by atoms with Crippen molar-refractivity contribution in [2.75, 3.05) is 11.9 Å². The molecule has 0 fully saturated rings. The van der Waals surface area contributed by atoms with Gasteiger partial charge in [-0.25, -0.2) is 4.98 Å². The lowest BCUT2D eigenvalue weighted by molar-refractivity contribution is 0.661. The molecule has 92 valence electrons. The molecule has 1 N–H and O–H groups in total. The van der Waals surface area contributed by atoms with Gasteiger partial charge >= 0.3 is 0 Å². The third kappa shape index (κ3) is 3.25. The molecule has 1 aromatic carbocycles. The van der Waals surface area contributed by atoms with Crippen LogP contribution in [-0.2, 0) is 6.54 Å². The lowest BCUT2D eigenvalue weighted by Gasteiger charge is -2.08. The lowest BCUT2D eigenvalue weighted by Crippen LogP contribution is -2.06. The third-order valence-corrected chi connectivity index (χ3v) is 2.89. The number of halogens is 1. The molecule has 5 heteroatoms. The predicted molar refractivity (Wildman–Crippen MR) is 71.5 cm³/mol. The molecule has 0 spiro atoms. The van der Waals surface area contributed by atoms with Crippen LogP contribution in [0.5, 0.6) is 0 Å². The number of hydrogen-bond acceptors (Lipinski definition) is 3. The van der Waals surface area contributed by atoms with Crippen molar-refractivity contribution in [3.05, 3.63) is 47.5 Å². The molecule has 2 rings (SSSR count). The molecule has 0 amide bonds. The minimum Gasteiger partial charge on any atom is -0.384 e. The van der Waals surface area contributed by atoms with Crippen LogP contribution in [-0.4, -0.2) is 16.1 Å². The lowest BCUT2D eigenvalue weighted by atomic mass is 10.2. The molecule has 0 aliphatic carbocycles. The van der Waals surface area contributed by atoms with Crippen molar-refractivity contribution in [3.63, 3.8) is 0 Å². The maximum Gasteiger partial charge on any atom is 0.0992 e. The Labute approximate surface area is 111 Å². The van der Waals surface area contributed by atoms with Gasteiger partial charge in [-0.2, -0.15) is 5.26 Å². The van der Waals surface area contributed by atoms with E-state index in [4.69, 9.17) is 16.9 Å². The summed E-state index contributed by atoms with van der Waals surface area (Å²) >= 11 is 6.04. The Kier molecular flexibility index (Phi) is 4.21. The first kappa shape index (κ1) is 12.5. The molecule has 1 aromatic heterocycles. The fraction of sp³-hybridized carbons (Fsp3) is 0.231. The van der Waals surface area contributed by atoms with Crippen molar-refractivity contribution in [1.29, 1.82) is 5.26 Å². The second-order valence-corrected chi connectivity index (χ2v) is 4.29.